The number of carbonyl (C=O) groups excluding carboxylic acids is 1. The maximum absolute atomic E-state index is 12.1. The van der Waals surface area contributed by atoms with Crippen molar-refractivity contribution in [1.29, 1.82) is 0 Å². The first-order valence-corrected chi connectivity index (χ1v) is 7.53. The second-order valence-electron chi connectivity index (χ2n) is 5.17. The predicted octanol–water partition coefficient (Wildman–Crippen LogP) is 1.44. The number of ether oxygens (including phenoxy) is 1. The molecule has 1 rings (SSSR count). The van der Waals surface area contributed by atoms with Crippen LogP contribution < -0.4 is 16.2 Å². The van der Waals surface area contributed by atoms with Crippen LogP contribution in [0.15, 0.2) is 29.3 Å². The van der Waals surface area contributed by atoms with E-state index in [0.29, 0.717) is 18.6 Å². The van der Waals surface area contributed by atoms with Gasteiger partial charge in [-0.15, -0.1) is 0 Å². The van der Waals surface area contributed by atoms with E-state index in [2.05, 4.69) is 4.99 Å². The van der Waals surface area contributed by atoms with Gasteiger partial charge in [0.05, 0.1) is 0 Å². The van der Waals surface area contributed by atoms with Crippen LogP contribution in [0.25, 0.3) is 0 Å². The molecule has 0 radical (unpaired) electrons. The summed E-state index contributed by atoms with van der Waals surface area (Å²) in [6.45, 7) is 2.01. The third-order valence-electron chi connectivity index (χ3n) is 3.18. The predicted molar refractivity (Wildman–Crippen MR) is 87.2 cm³/mol. The number of hydrogen-bond donors (Lipinski definition) is 3. The van der Waals surface area contributed by atoms with Crippen LogP contribution in [0.2, 0.25) is 0 Å². The molecule has 5 N–H and O–H groups in total. The summed E-state index contributed by atoms with van der Waals surface area (Å²) in [5, 5.41) is 8.65. The van der Waals surface area contributed by atoms with Crippen molar-refractivity contribution in [3.8, 4) is 5.75 Å². The Labute approximate surface area is 135 Å². The van der Waals surface area contributed by atoms with Crippen molar-refractivity contribution in [3.05, 3.63) is 29.8 Å². The van der Waals surface area contributed by atoms with Gasteiger partial charge in [-0.25, -0.2) is 9.79 Å². The van der Waals surface area contributed by atoms with Gasteiger partial charge in [-0.2, -0.15) is 0 Å². The number of aryl methyl sites for hydroxylation is 1. The summed E-state index contributed by atoms with van der Waals surface area (Å²) in [5.74, 6) is -1.13. The lowest BCUT2D eigenvalue weighted by Gasteiger charge is -2.12. The number of aliphatic imine (C=N–C) groups is 1. The molecule has 1 aromatic rings. The SMILES string of the molecule is CCCCC(N=C(N)N)C(=O)Oc1ccc(CCC(=O)O)cc1. The Kier molecular flexibility index (Phi) is 7.59. The van der Waals surface area contributed by atoms with Crippen LogP contribution in [0.3, 0.4) is 0 Å². The molecule has 0 saturated carbocycles. The van der Waals surface area contributed by atoms with Crippen LogP contribution in [0.5, 0.6) is 5.75 Å². The van der Waals surface area contributed by atoms with Crippen molar-refractivity contribution in [2.24, 2.45) is 16.5 Å². The van der Waals surface area contributed by atoms with Gasteiger partial charge in [0.1, 0.15) is 5.75 Å². The van der Waals surface area contributed by atoms with Gasteiger partial charge in [-0.05, 0) is 30.5 Å². The van der Waals surface area contributed by atoms with Gasteiger partial charge in [-0.1, -0.05) is 31.9 Å². The number of aliphatic carboxylic acids is 1. The van der Waals surface area contributed by atoms with Gasteiger partial charge >= 0.3 is 11.9 Å². The minimum Gasteiger partial charge on any atom is -0.481 e. The Morgan fingerprint density at radius 3 is 2.43 bits per heavy atom. The van der Waals surface area contributed by atoms with Gasteiger partial charge in [-0.3, -0.25) is 4.79 Å². The minimum absolute atomic E-state index is 0.0583. The van der Waals surface area contributed by atoms with Crippen molar-refractivity contribution in [2.75, 3.05) is 0 Å². The summed E-state index contributed by atoms with van der Waals surface area (Å²) >= 11 is 0. The highest BCUT2D eigenvalue weighted by Crippen LogP contribution is 2.16. The molecular weight excluding hydrogens is 298 g/mol. The number of rotatable bonds is 9. The van der Waals surface area contributed by atoms with E-state index in [4.69, 9.17) is 21.3 Å². The number of carboxylic acid groups (broad SMARTS) is 1. The number of nitrogens with two attached hydrogens (primary N) is 2. The molecule has 0 fully saturated rings. The highest BCUT2D eigenvalue weighted by Gasteiger charge is 2.19. The third-order valence-corrected chi connectivity index (χ3v) is 3.18. The highest BCUT2D eigenvalue weighted by atomic mass is 16.5. The molecule has 0 heterocycles. The summed E-state index contributed by atoms with van der Waals surface area (Å²) < 4.78 is 5.28. The Hall–Kier alpha value is -2.57. The summed E-state index contributed by atoms with van der Waals surface area (Å²) in [6.07, 6.45) is 2.73. The standard InChI is InChI=1S/C16H23N3O4/c1-2-3-4-13(19-16(17)18)15(22)23-12-8-5-11(6-9-12)7-10-14(20)21/h5-6,8-9,13H,2-4,7,10H2,1H3,(H,20,21)(H4,17,18,19). The normalized spacial score (nSPS) is 11.5. The molecule has 7 heteroatoms. The van der Waals surface area contributed by atoms with E-state index >= 15 is 0 Å². The Bertz CT molecular complexity index is 551. The van der Waals surface area contributed by atoms with Gasteiger partial charge < -0.3 is 21.3 Å². The van der Waals surface area contributed by atoms with Crippen molar-refractivity contribution in [2.45, 2.75) is 45.1 Å². The lowest BCUT2D eigenvalue weighted by molar-refractivity contribution is -0.137. The van der Waals surface area contributed by atoms with E-state index in [9.17, 15) is 9.59 Å². The average molecular weight is 321 g/mol. The molecule has 0 spiro atoms. The number of unbranched alkanes of at least 4 members (excludes halogenated alkanes) is 1. The molecule has 0 aromatic heterocycles. The van der Waals surface area contributed by atoms with Crippen molar-refractivity contribution in [1.82, 2.24) is 0 Å². The molecule has 1 unspecified atom stereocenters. The van der Waals surface area contributed by atoms with Crippen LogP contribution in [0, 0.1) is 0 Å². The second kappa shape index (κ2) is 9.45. The molecule has 1 atom stereocenters. The molecule has 1 aromatic carbocycles. The number of nitrogens with zero attached hydrogens (tertiary/aromatic N) is 1. The van der Waals surface area contributed by atoms with E-state index < -0.39 is 18.0 Å². The number of guanidine groups is 1. The molecule has 0 bridgehead atoms. The maximum Gasteiger partial charge on any atom is 0.336 e. The highest BCUT2D eigenvalue weighted by molar-refractivity contribution is 5.83. The molecule has 0 aliphatic rings. The van der Waals surface area contributed by atoms with Gasteiger partial charge in [0.2, 0.25) is 0 Å². The van der Waals surface area contributed by atoms with E-state index in [0.717, 1.165) is 18.4 Å². The largest absolute Gasteiger partial charge is 0.481 e. The first-order valence-electron chi connectivity index (χ1n) is 7.53. The van der Waals surface area contributed by atoms with E-state index in [1.54, 1.807) is 24.3 Å². The second-order valence-corrected chi connectivity index (χ2v) is 5.17. The van der Waals surface area contributed by atoms with Gasteiger partial charge in [0, 0.05) is 6.42 Å². The van der Waals surface area contributed by atoms with Crippen LogP contribution >= 0.6 is 0 Å². The number of hydrogen-bond acceptors (Lipinski definition) is 4. The summed E-state index contributed by atoms with van der Waals surface area (Å²) in [4.78, 5) is 26.6. The van der Waals surface area contributed by atoms with Crippen LogP contribution in [0.4, 0.5) is 0 Å². The molecule has 0 aliphatic heterocycles. The fourth-order valence-corrected chi connectivity index (χ4v) is 1.97. The monoisotopic (exact) mass is 321 g/mol. The number of carbonyl (C=O) groups is 2. The summed E-state index contributed by atoms with van der Waals surface area (Å²) in [6, 6.07) is 6.00. The zero-order chi connectivity index (χ0) is 17.2. The molecule has 23 heavy (non-hydrogen) atoms. The summed E-state index contributed by atoms with van der Waals surface area (Å²) in [7, 11) is 0. The Morgan fingerprint density at radius 2 is 1.91 bits per heavy atom. The molecule has 126 valence electrons. The first kappa shape index (κ1) is 18.5. The van der Waals surface area contributed by atoms with Crippen molar-refractivity contribution < 1.29 is 19.4 Å². The zero-order valence-electron chi connectivity index (χ0n) is 13.2. The molecule has 0 amide bonds. The lowest BCUT2D eigenvalue weighted by Crippen LogP contribution is -2.31. The zero-order valence-corrected chi connectivity index (χ0v) is 13.2. The molecule has 0 aliphatic carbocycles. The van der Waals surface area contributed by atoms with Crippen molar-refractivity contribution in [3.63, 3.8) is 0 Å². The molecular formula is C16H23N3O4. The Balaban J connectivity index is 2.66. The third kappa shape index (κ3) is 7.30. The van der Waals surface area contributed by atoms with Crippen LogP contribution in [-0.4, -0.2) is 29.0 Å². The van der Waals surface area contributed by atoms with Crippen molar-refractivity contribution >= 4 is 17.9 Å². The molecule has 0 saturated heterocycles. The fourth-order valence-electron chi connectivity index (χ4n) is 1.97. The average Bonchev–Trinajstić information content (AvgIpc) is 2.50. The summed E-state index contributed by atoms with van der Waals surface area (Å²) in [5.41, 5.74) is 11.6. The molecule has 7 nitrogen and oxygen atoms in total. The Morgan fingerprint density at radius 1 is 1.26 bits per heavy atom. The fraction of sp³-hybridized carbons (Fsp3) is 0.438. The lowest BCUT2D eigenvalue weighted by atomic mass is 10.1. The topological polar surface area (TPSA) is 128 Å². The van der Waals surface area contributed by atoms with E-state index in [1.165, 1.54) is 0 Å². The number of carboxylic acids is 1. The number of esters is 1. The van der Waals surface area contributed by atoms with Gasteiger partial charge in [0.25, 0.3) is 0 Å². The number of benzene rings is 1. The maximum atomic E-state index is 12.1. The van der Waals surface area contributed by atoms with Crippen LogP contribution in [0.1, 0.15) is 38.2 Å². The quantitative estimate of drug-likeness (QED) is 0.273. The van der Waals surface area contributed by atoms with Gasteiger partial charge in [0.15, 0.2) is 12.0 Å². The first-order chi connectivity index (χ1) is 10.9. The smallest absolute Gasteiger partial charge is 0.336 e. The van der Waals surface area contributed by atoms with E-state index in [1.807, 2.05) is 6.92 Å². The minimum atomic E-state index is -0.850. The van der Waals surface area contributed by atoms with E-state index in [-0.39, 0.29) is 12.4 Å². The van der Waals surface area contributed by atoms with Crippen LogP contribution in [-0.2, 0) is 16.0 Å².